The van der Waals surface area contributed by atoms with Gasteiger partial charge in [0, 0.05) is 19.3 Å². The number of carbonyl (C=O) groups is 2. The van der Waals surface area contributed by atoms with E-state index in [9.17, 15) is 14.4 Å². The summed E-state index contributed by atoms with van der Waals surface area (Å²) in [6, 6.07) is 0. The molecule has 0 bridgehead atoms. The number of esters is 2. The van der Waals surface area contributed by atoms with Gasteiger partial charge >= 0.3 is 11.9 Å². The summed E-state index contributed by atoms with van der Waals surface area (Å²) >= 11 is 0. The van der Waals surface area contributed by atoms with E-state index >= 15 is 0 Å². The van der Waals surface area contributed by atoms with Crippen LogP contribution in [0.15, 0.2) is 23.3 Å². The van der Waals surface area contributed by atoms with Crippen LogP contribution in [0.1, 0.15) is 72.1 Å². The fourth-order valence-corrected chi connectivity index (χ4v) is 3.03. The molecule has 0 saturated heterocycles. The van der Waals surface area contributed by atoms with E-state index in [1.165, 1.54) is 19.0 Å². The second-order valence-electron chi connectivity index (χ2n) is 8.29. The van der Waals surface area contributed by atoms with E-state index in [1.807, 2.05) is 13.8 Å². The van der Waals surface area contributed by atoms with Crippen molar-refractivity contribution in [2.45, 2.75) is 78.2 Å². The maximum absolute atomic E-state index is 11.3. The quantitative estimate of drug-likeness (QED) is 0.319. The van der Waals surface area contributed by atoms with Crippen molar-refractivity contribution in [2.24, 2.45) is 5.92 Å². The van der Waals surface area contributed by atoms with Crippen molar-refractivity contribution < 1.29 is 19.1 Å². The smallest absolute Gasteiger partial charge is 0.306 e. The first-order valence-electron chi connectivity index (χ1n) is 11.3. The second-order valence-corrected chi connectivity index (χ2v) is 8.29. The van der Waals surface area contributed by atoms with Crippen LogP contribution >= 0.6 is 0 Å². The zero-order chi connectivity index (χ0) is 24.8. The number of aromatic nitrogens is 4. The molecule has 2 heterocycles. The number of nitrogens with two attached hydrogens (primary N) is 1. The molecule has 0 radical (unpaired) electrons. The average molecular weight is 464 g/mol. The number of fused-ring (bicyclic) bond motifs is 1. The number of hydrogen-bond donors (Lipinski definition) is 3. The number of H-pyrrole nitrogens is 2. The first-order valence-corrected chi connectivity index (χ1v) is 11.3. The molecule has 3 rings (SSSR count). The number of anilines is 1. The van der Waals surface area contributed by atoms with Gasteiger partial charge in [0.1, 0.15) is 6.10 Å². The van der Waals surface area contributed by atoms with E-state index in [-0.39, 0.29) is 29.6 Å². The van der Waals surface area contributed by atoms with Crippen molar-refractivity contribution in [3.05, 3.63) is 28.8 Å². The Kier molecular flexibility index (Phi) is 12.5. The van der Waals surface area contributed by atoms with E-state index in [0.29, 0.717) is 29.9 Å². The number of imidazole rings is 1. The number of nitrogen functional groups attached to an aromatic ring is 1. The van der Waals surface area contributed by atoms with Crippen LogP contribution in [-0.4, -0.2) is 45.1 Å². The molecule has 2 aromatic heterocycles. The van der Waals surface area contributed by atoms with Gasteiger partial charge in [0.25, 0.3) is 5.56 Å². The Balaban J connectivity index is 0.000000258. The average Bonchev–Trinajstić information content (AvgIpc) is 3.37. The summed E-state index contributed by atoms with van der Waals surface area (Å²) in [6.45, 7) is 9.99. The van der Waals surface area contributed by atoms with Crippen molar-refractivity contribution in [1.29, 1.82) is 0 Å². The van der Waals surface area contributed by atoms with Crippen LogP contribution in [0.5, 0.6) is 0 Å². The second kappa shape index (κ2) is 14.8. The van der Waals surface area contributed by atoms with Crippen LogP contribution in [0.3, 0.4) is 0 Å². The highest BCUT2D eigenvalue weighted by atomic mass is 16.5. The third kappa shape index (κ3) is 11.3. The lowest BCUT2D eigenvalue weighted by Crippen LogP contribution is -2.14. The Morgan fingerprint density at radius 1 is 1.30 bits per heavy atom. The molecule has 33 heavy (non-hydrogen) atoms. The molecule has 0 spiro atoms. The summed E-state index contributed by atoms with van der Waals surface area (Å²) in [5.41, 5.74) is 6.87. The molecule has 1 aliphatic rings. The zero-order valence-electron chi connectivity index (χ0n) is 20.1. The molecule has 1 fully saturated rings. The van der Waals surface area contributed by atoms with Gasteiger partial charge in [-0.05, 0) is 25.2 Å². The van der Waals surface area contributed by atoms with Crippen LogP contribution in [-0.2, 0) is 19.1 Å². The molecule has 10 nitrogen and oxygen atoms in total. The highest BCUT2D eigenvalue weighted by molar-refractivity contribution is 5.70. The van der Waals surface area contributed by atoms with Gasteiger partial charge in [0.2, 0.25) is 5.95 Å². The van der Waals surface area contributed by atoms with E-state index < -0.39 is 0 Å². The van der Waals surface area contributed by atoms with Gasteiger partial charge in [-0.1, -0.05) is 45.8 Å². The first kappa shape index (κ1) is 27.9. The van der Waals surface area contributed by atoms with E-state index in [1.54, 1.807) is 0 Å². The molecule has 184 valence electrons. The van der Waals surface area contributed by atoms with Gasteiger partial charge in [0.15, 0.2) is 11.2 Å². The van der Waals surface area contributed by atoms with Crippen molar-refractivity contribution in [3.8, 4) is 0 Å². The fourth-order valence-electron chi connectivity index (χ4n) is 3.03. The monoisotopic (exact) mass is 463 g/mol. The number of unbranched alkanes of at least 4 members (excludes halogenated alkanes) is 2. The minimum absolute atomic E-state index is 0.0295. The summed E-state index contributed by atoms with van der Waals surface area (Å²) in [5.74, 6) is 0.329. The Hall–Kier alpha value is -3.17. The molecular weight excluding hydrogens is 426 g/mol. The number of methoxy groups -OCH3 is 1. The van der Waals surface area contributed by atoms with Gasteiger partial charge in [-0.15, -0.1) is 0 Å². The molecule has 2 aromatic rings. The Morgan fingerprint density at radius 2 is 2.03 bits per heavy atom. The van der Waals surface area contributed by atoms with Gasteiger partial charge < -0.3 is 20.2 Å². The SMILES string of the molecule is C=C1CCC(OC(=O)CCCCC)C1.COC(=O)CC(C)C.Nc1nc2nc[nH]c2c(=O)[nH]1. The van der Waals surface area contributed by atoms with Gasteiger partial charge in [0.05, 0.1) is 13.4 Å². The summed E-state index contributed by atoms with van der Waals surface area (Å²) in [4.78, 5) is 45.3. The number of aromatic amines is 2. The number of hydrogen-bond acceptors (Lipinski definition) is 8. The maximum atomic E-state index is 11.3. The minimum Gasteiger partial charge on any atom is -0.469 e. The molecule has 4 N–H and O–H groups in total. The molecule has 1 unspecified atom stereocenters. The van der Waals surface area contributed by atoms with Crippen molar-refractivity contribution in [3.63, 3.8) is 0 Å². The molecule has 0 aromatic carbocycles. The lowest BCUT2D eigenvalue weighted by atomic mass is 10.1. The van der Waals surface area contributed by atoms with Crippen LogP contribution in [0.2, 0.25) is 0 Å². The molecular formula is C23H37N5O5. The summed E-state index contributed by atoms with van der Waals surface area (Å²) in [7, 11) is 1.41. The first-order chi connectivity index (χ1) is 15.7. The molecule has 10 heteroatoms. The molecule has 0 amide bonds. The van der Waals surface area contributed by atoms with E-state index in [2.05, 4.69) is 38.2 Å². The van der Waals surface area contributed by atoms with Crippen LogP contribution < -0.4 is 11.3 Å². The summed E-state index contributed by atoms with van der Waals surface area (Å²) in [5, 5.41) is 0. The lowest BCUT2D eigenvalue weighted by Gasteiger charge is -2.10. The normalized spacial score (nSPS) is 14.8. The predicted molar refractivity (Wildman–Crippen MR) is 127 cm³/mol. The number of nitrogens with zero attached hydrogens (tertiary/aromatic N) is 2. The molecule has 1 aliphatic carbocycles. The lowest BCUT2D eigenvalue weighted by molar-refractivity contribution is -0.148. The number of carbonyl (C=O) groups excluding carboxylic acids is 2. The van der Waals surface area contributed by atoms with Crippen LogP contribution in [0.4, 0.5) is 5.95 Å². The molecule has 1 atom stereocenters. The summed E-state index contributed by atoms with van der Waals surface area (Å²) in [6.07, 6.45) is 8.71. The molecule has 1 saturated carbocycles. The highest BCUT2D eigenvalue weighted by Crippen LogP contribution is 2.25. The summed E-state index contributed by atoms with van der Waals surface area (Å²) < 4.78 is 9.75. The molecule has 0 aliphatic heterocycles. The number of ether oxygens (including phenoxy) is 2. The number of rotatable bonds is 7. The van der Waals surface area contributed by atoms with Crippen molar-refractivity contribution in [2.75, 3.05) is 12.8 Å². The Bertz CT molecular complexity index is 950. The number of nitrogens with one attached hydrogen (secondary N) is 2. The van der Waals surface area contributed by atoms with E-state index in [0.717, 1.165) is 38.5 Å². The zero-order valence-corrected chi connectivity index (χ0v) is 20.1. The third-order valence-corrected chi connectivity index (χ3v) is 4.74. The Morgan fingerprint density at radius 3 is 2.58 bits per heavy atom. The predicted octanol–water partition coefficient (Wildman–Crippen LogP) is 3.65. The minimum atomic E-state index is -0.301. The van der Waals surface area contributed by atoms with Crippen LogP contribution in [0.25, 0.3) is 11.2 Å². The van der Waals surface area contributed by atoms with Gasteiger partial charge in [-0.25, -0.2) is 4.98 Å². The fraction of sp³-hybridized carbons (Fsp3) is 0.609. The van der Waals surface area contributed by atoms with Gasteiger partial charge in [-0.3, -0.25) is 19.4 Å². The van der Waals surface area contributed by atoms with E-state index in [4.69, 9.17) is 10.5 Å². The van der Waals surface area contributed by atoms with Crippen molar-refractivity contribution >= 4 is 29.1 Å². The van der Waals surface area contributed by atoms with Crippen LogP contribution in [0, 0.1) is 5.92 Å². The largest absolute Gasteiger partial charge is 0.469 e. The standard InChI is InChI=1S/C12H20O2.C6H12O2.C5H5N5O/c1-3-4-5-6-12(13)14-11-8-7-10(2)9-11;1-5(2)4-6(7)8-3;6-5-9-3-2(4(11)10-5)7-1-8-3/h11H,2-9H2,1H3;5H,4H2,1-3H3;1H,(H4,6,7,8,9,10,11). The van der Waals surface area contributed by atoms with Crippen molar-refractivity contribution in [1.82, 2.24) is 19.9 Å². The Labute approximate surface area is 194 Å². The van der Waals surface area contributed by atoms with Gasteiger partial charge in [-0.2, -0.15) is 4.98 Å². The third-order valence-electron chi connectivity index (χ3n) is 4.74. The maximum Gasteiger partial charge on any atom is 0.306 e. The topological polar surface area (TPSA) is 153 Å². The highest BCUT2D eigenvalue weighted by Gasteiger charge is 2.21.